The molecule has 0 unspecified atom stereocenters. The summed E-state index contributed by atoms with van der Waals surface area (Å²) in [5.41, 5.74) is 4.52. The van der Waals surface area contributed by atoms with Crippen molar-refractivity contribution in [3.63, 3.8) is 0 Å². The van der Waals surface area contributed by atoms with Crippen molar-refractivity contribution < 1.29 is 14.3 Å². The van der Waals surface area contributed by atoms with Crippen LogP contribution in [0.2, 0.25) is 0 Å². The van der Waals surface area contributed by atoms with Gasteiger partial charge in [0, 0.05) is 39.0 Å². The molecule has 7 heteroatoms. The van der Waals surface area contributed by atoms with Gasteiger partial charge in [0.2, 0.25) is 0 Å². The zero-order valence-corrected chi connectivity index (χ0v) is 17.8. The molecule has 5 rings (SSSR count). The van der Waals surface area contributed by atoms with Crippen LogP contribution in [0, 0.1) is 6.92 Å². The number of aromatic nitrogens is 2. The second-order valence-corrected chi connectivity index (χ2v) is 8.81. The molecule has 1 aliphatic rings. The molecule has 1 aliphatic carbocycles. The van der Waals surface area contributed by atoms with E-state index in [2.05, 4.69) is 14.9 Å². The van der Waals surface area contributed by atoms with Crippen LogP contribution in [0.4, 0.5) is 0 Å². The molecule has 3 heterocycles. The van der Waals surface area contributed by atoms with Gasteiger partial charge in [0.25, 0.3) is 0 Å². The highest BCUT2D eigenvalue weighted by molar-refractivity contribution is 7.14. The summed E-state index contributed by atoms with van der Waals surface area (Å²) in [4.78, 5) is 17.6. The number of hydrogen-bond donors (Lipinski definition) is 0. The highest BCUT2D eigenvalue weighted by atomic mass is 32.1. The predicted molar refractivity (Wildman–Crippen MR) is 116 cm³/mol. The Morgan fingerprint density at radius 2 is 2.14 bits per heavy atom. The molecule has 4 aromatic rings. The van der Waals surface area contributed by atoms with Crippen LogP contribution in [0.5, 0.6) is 5.75 Å². The molecule has 0 amide bonds. The van der Waals surface area contributed by atoms with Crippen molar-refractivity contribution in [3.05, 3.63) is 57.4 Å². The molecule has 29 heavy (non-hydrogen) atoms. The van der Waals surface area contributed by atoms with Crippen LogP contribution in [-0.2, 0) is 11.3 Å². The lowest BCUT2D eigenvalue weighted by Gasteiger charge is -2.06. The fourth-order valence-electron chi connectivity index (χ4n) is 3.71. The number of ether oxygens (including phenoxy) is 2. The van der Waals surface area contributed by atoms with E-state index in [9.17, 15) is 4.79 Å². The Bertz CT molecular complexity index is 1190. The number of hydrogen-bond acceptors (Lipinski definition) is 6. The highest BCUT2D eigenvalue weighted by Gasteiger charge is 2.31. The summed E-state index contributed by atoms with van der Waals surface area (Å²) < 4.78 is 13.3. The molecule has 3 aromatic heterocycles. The van der Waals surface area contributed by atoms with Gasteiger partial charge in [0.15, 0.2) is 0 Å². The second kappa shape index (κ2) is 7.31. The van der Waals surface area contributed by atoms with Crippen LogP contribution in [0.25, 0.3) is 21.5 Å². The van der Waals surface area contributed by atoms with Crippen molar-refractivity contribution in [2.24, 2.45) is 0 Å². The van der Waals surface area contributed by atoms with Gasteiger partial charge in [-0.1, -0.05) is 0 Å². The lowest BCUT2D eigenvalue weighted by Crippen LogP contribution is -2.08. The van der Waals surface area contributed by atoms with Crippen molar-refractivity contribution in [1.29, 1.82) is 0 Å². The summed E-state index contributed by atoms with van der Waals surface area (Å²) in [6, 6.07) is 8.41. The van der Waals surface area contributed by atoms with Crippen LogP contribution < -0.4 is 4.74 Å². The number of methoxy groups -OCH3 is 1. The number of nitrogens with zero attached hydrogens (tertiary/aromatic N) is 2. The van der Waals surface area contributed by atoms with Gasteiger partial charge in [-0.05, 0) is 49.4 Å². The largest absolute Gasteiger partial charge is 0.497 e. The fraction of sp³-hybridized carbons (Fsp3) is 0.273. The van der Waals surface area contributed by atoms with E-state index in [0.717, 1.165) is 51.5 Å². The number of carbonyl (C=O) groups is 1. The predicted octanol–water partition coefficient (Wildman–Crippen LogP) is 5.84. The monoisotopic (exact) mass is 424 g/mol. The van der Waals surface area contributed by atoms with Crippen LogP contribution in [0.15, 0.2) is 40.4 Å². The number of fused-ring (bicyclic) bond motifs is 1. The number of thiophene rings is 1. The molecule has 0 atom stereocenters. The van der Waals surface area contributed by atoms with E-state index >= 15 is 0 Å². The highest BCUT2D eigenvalue weighted by Crippen LogP contribution is 2.42. The zero-order valence-electron chi connectivity index (χ0n) is 16.2. The Labute approximate surface area is 176 Å². The minimum Gasteiger partial charge on any atom is -0.497 e. The van der Waals surface area contributed by atoms with Crippen LogP contribution in [0.1, 0.15) is 40.6 Å². The van der Waals surface area contributed by atoms with Crippen LogP contribution in [-0.4, -0.2) is 22.6 Å². The summed E-state index contributed by atoms with van der Waals surface area (Å²) in [6.07, 6.45) is 2.30. The van der Waals surface area contributed by atoms with E-state index in [-0.39, 0.29) is 12.6 Å². The lowest BCUT2D eigenvalue weighted by atomic mass is 10.1. The summed E-state index contributed by atoms with van der Waals surface area (Å²) in [7, 11) is 1.64. The van der Waals surface area contributed by atoms with Gasteiger partial charge in [0.1, 0.15) is 17.4 Å². The minimum atomic E-state index is -0.315. The minimum absolute atomic E-state index is 0.166. The van der Waals surface area contributed by atoms with Gasteiger partial charge in [0.05, 0.1) is 18.4 Å². The molecule has 148 valence electrons. The van der Waals surface area contributed by atoms with Crippen LogP contribution in [0.3, 0.4) is 0 Å². The first-order valence-electron chi connectivity index (χ1n) is 9.48. The van der Waals surface area contributed by atoms with Crippen LogP contribution >= 0.6 is 22.7 Å². The van der Waals surface area contributed by atoms with Gasteiger partial charge in [-0.25, -0.2) is 9.78 Å². The normalized spacial score (nSPS) is 13.7. The Morgan fingerprint density at radius 3 is 2.86 bits per heavy atom. The maximum absolute atomic E-state index is 13.0. The fourth-order valence-corrected chi connectivity index (χ4v) is 5.23. The van der Waals surface area contributed by atoms with E-state index in [1.165, 1.54) is 0 Å². The van der Waals surface area contributed by atoms with Crippen molar-refractivity contribution in [2.75, 3.05) is 7.11 Å². The summed E-state index contributed by atoms with van der Waals surface area (Å²) in [5, 5.41) is 7.88. The van der Waals surface area contributed by atoms with E-state index < -0.39 is 0 Å². The van der Waals surface area contributed by atoms with Crippen molar-refractivity contribution >= 4 is 39.5 Å². The molecule has 5 nitrogen and oxygen atoms in total. The number of esters is 1. The van der Waals surface area contributed by atoms with E-state index in [1.54, 1.807) is 29.8 Å². The number of carbonyl (C=O) groups excluding carboxylic acids is 1. The quantitative estimate of drug-likeness (QED) is 0.365. The molecule has 1 saturated carbocycles. The molecule has 0 bridgehead atoms. The molecule has 0 N–H and O–H groups in total. The molecule has 0 radical (unpaired) electrons. The standard InChI is InChI=1S/C22H20N2O3S2/c1-13-20(18-9-17(26-2)5-6-19(18)24(13)16-3-4-16)22(25)27-10-15-12-29-21(23-15)14-7-8-28-11-14/h5-9,11-12,16H,3-4,10H2,1-2H3. The summed E-state index contributed by atoms with van der Waals surface area (Å²) >= 11 is 3.21. The summed E-state index contributed by atoms with van der Waals surface area (Å²) in [5.74, 6) is 0.421. The maximum atomic E-state index is 13.0. The molecule has 1 fully saturated rings. The Hall–Kier alpha value is -2.64. The topological polar surface area (TPSA) is 53.4 Å². The van der Waals surface area contributed by atoms with Gasteiger partial charge in [-0.3, -0.25) is 0 Å². The SMILES string of the molecule is COc1ccc2c(c1)c(C(=O)OCc1csc(-c3ccsc3)n1)c(C)n2C1CC1. The first-order chi connectivity index (χ1) is 14.2. The van der Waals surface area contributed by atoms with E-state index in [4.69, 9.17) is 9.47 Å². The van der Waals surface area contributed by atoms with E-state index in [1.807, 2.05) is 41.9 Å². The lowest BCUT2D eigenvalue weighted by molar-refractivity contribution is 0.0469. The zero-order chi connectivity index (χ0) is 20.0. The van der Waals surface area contributed by atoms with Gasteiger partial charge in [-0.2, -0.15) is 11.3 Å². The molecule has 0 saturated heterocycles. The smallest absolute Gasteiger partial charge is 0.340 e. The van der Waals surface area contributed by atoms with E-state index in [0.29, 0.717) is 11.6 Å². The number of benzene rings is 1. The van der Waals surface area contributed by atoms with Crippen molar-refractivity contribution in [3.8, 4) is 16.3 Å². The Kier molecular flexibility index (Phi) is 4.64. The Balaban J connectivity index is 1.43. The van der Waals surface area contributed by atoms with Crippen molar-refractivity contribution in [1.82, 2.24) is 9.55 Å². The molecular formula is C22H20N2O3S2. The first kappa shape index (κ1) is 18.4. The average Bonchev–Trinajstić information content (AvgIpc) is 3.14. The number of rotatable bonds is 6. The number of thiazole rings is 1. The maximum Gasteiger partial charge on any atom is 0.340 e. The molecular weight excluding hydrogens is 404 g/mol. The average molecular weight is 425 g/mol. The third kappa shape index (κ3) is 3.34. The second-order valence-electron chi connectivity index (χ2n) is 7.18. The molecule has 1 aromatic carbocycles. The molecule has 0 aliphatic heterocycles. The Morgan fingerprint density at radius 1 is 1.28 bits per heavy atom. The van der Waals surface area contributed by atoms with Gasteiger partial charge < -0.3 is 14.0 Å². The summed E-state index contributed by atoms with van der Waals surface area (Å²) in [6.45, 7) is 2.16. The third-order valence-corrected chi connectivity index (χ3v) is 6.87. The first-order valence-corrected chi connectivity index (χ1v) is 11.3. The molecule has 0 spiro atoms. The van der Waals surface area contributed by atoms with Crippen molar-refractivity contribution in [2.45, 2.75) is 32.4 Å². The van der Waals surface area contributed by atoms with Gasteiger partial charge in [-0.15, -0.1) is 11.3 Å². The third-order valence-electron chi connectivity index (χ3n) is 5.24. The van der Waals surface area contributed by atoms with Gasteiger partial charge >= 0.3 is 5.97 Å².